The number of rotatable bonds is 8. The van der Waals surface area contributed by atoms with Crippen LogP contribution in [-0.2, 0) is 9.59 Å². The van der Waals surface area contributed by atoms with E-state index in [1.165, 1.54) is 19.3 Å². The van der Waals surface area contributed by atoms with Crippen molar-refractivity contribution < 1.29 is 14.7 Å². The fourth-order valence-electron chi connectivity index (χ4n) is 2.85. The molecular formula is C17H32N2O3. The molecule has 2 unspecified atom stereocenters. The summed E-state index contributed by atoms with van der Waals surface area (Å²) in [5.74, 6) is 0.444. The third-order valence-electron chi connectivity index (χ3n) is 4.48. The lowest BCUT2D eigenvalue weighted by atomic mass is 9.87. The van der Waals surface area contributed by atoms with Crippen LogP contribution in [0.1, 0.15) is 65.7 Å². The summed E-state index contributed by atoms with van der Waals surface area (Å²) in [6.45, 7) is 6.02. The minimum Gasteiger partial charge on any atom is -0.393 e. The number of carbonyl (C=O) groups is 2. The van der Waals surface area contributed by atoms with Gasteiger partial charge in [0.2, 0.25) is 11.8 Å². The summed E-state index contributed by atoms with van der Waals surface area (Å²) in [4.78, 5) is 23.9. The lowest BCUT2D eigenvalue weighted by molar-refractivity contribution is -0.129. The summed E-state index contributed by atoms with van der Waals surface area (Å²) in [5, 5.41) is 15.2. The zero-order chi connectivity index (χ0) is 16.5. The smallest absolute Gasteiger partial charge is 0.242 e. The number of hydrogen-bond acceptors (Lipinski definition) is 3. The molecule has 5 nitrogen and oxygen atoms in total. The van der Waals surface area contributed by atoms with Gasteiger partial charge < -0.3 is 15.7 Å². The summed E-state index contributed by atoms with van der Waals surface area (Å²) in [6.07, 6.45) is 6.62. The average molecular weight is 312 g/mol. The van der Waals surface area contributed by atoms with E-state index in [0.717, 1.165) is 12.8 Å². The first-order valence-electron chi connectivity index (χ1n) is 8.65. The third kappa shape index (κ3) is 7.25. The highest BCUT2D eigenvalue weighted by Crippen LogP contribution is 2.26. The monoisotopic (exact) mass is 312 g/mol. The van der Waals surface area contributed by atoms with Gasteiger partial charge in [-0.05, 0) is 38.0 Å². The maximum absolute atomic E-state index is 12.0. The van der Waals surface area contributed by atoms with Crippen molar-refractivity contribution in [1.29, 1.82) is 0 Å². The van der Waals surface area contributed by atoms with Gasteiger partial charge in [0.15, 0.2) is 0 Å². The molecule has 128 valence electrons. The Morgan fingerprint density at radius 1 is 1.14 bits per heavy atom. The Labute approximate surface area is 134 Å². The summed E-state index contributed by atoms with van der Waals surface area (Å²) < 4.78 is 0. The van der Waals surface area contributed by atoms with Gasteiger partial charge in [0.1, 0.15) is 6.04 Å². The van der Waals surface area contributed by atoms with E-state index in [2.05, 4.69) is 10.6 Å². The molecule has 0 aromatic carbocycles. The van der Waals surface area contributed by atoms with Crippen LogP contribution in [0.15, 0.2) is 0 Å². The number of nitrogens with one attached hydrogen (secondary N) is 2. The fraction of sp³-hybridized carbons (Fsp3) is 0.882. The average Bonchev–Trinajstić information content (AvgIpc) is 2.47. The van der Waals surface area contributed by atoms with Crippen molar-refractivity contribution >= 4 is 11.8 Å². The van der Waals surface area contributed by atoms with Crippen molar-refractivity contribution in [3.05, 3.63) is 0 Å². The molecule has 3 N–H and O–H groups in total. The molecule has 0 saturated heterocycles. The second kappa shape index (κ2) is 9.82. The Morgan fingerprint density at radius 3 is 2.36 bits per heavy atom. The molecule has 2 atom stereocenters. The van der Waals surface area contributed by atoms with Crippen molar-refractivity contribution in [1.82, 2.24) is 10.6 Å². The highest BCUT2D eigenvalue weighted by molar-refractivity contribution is 5.87. The van der Waals surface area contributed by atoms with E-state index in [-0.39, 0.29) is 17.7 Å². The molecule has 0 spiro atoms. The second-order valence-electron chi connectivity index (χ2n) is 6.89. The zero-order valence-corrected chi connectivity index (χ0v) is 14.2. The van der Waals surface area contributed by atoms with Crippen molar-refractivity contribution in [3.63, 3.8) is 0 Å². The van der Waals surface area contributed by atoms with E-state index in [1.54, 1.807) is 6.92 Å². The molecule has 22 heavy (non-hydrogen) atoms. The second-order valence-corrected chi connectivity index (χ2v) is 6.89. The molecule has 1 fully saturated rings. The van der Waals surface area contributed by atoms with E-state index < -0.39 is 12.1 Å². The molecule has 0 aromatic heterocycles. The molecule has 1 saturated carbocycles. The van der Waals surface area contributed by atoms with Crippen LogP contribution >= 0.6 is 0 Å². The number of carbonyl (C=O) groups excluding carboxylic acids is 2. The van der Waals surface area contributed by atoms with E-state index in [1.807, 2.05) is 13.8 Å². The first-order valence-corrected chi connectivity index (χ1v) is 8.65. The van der Waals surface area contributed by atoms with Gasteiger partial charge in [0.05, 0.1) is 6.10 Å². The highest BCUT2D eigenvalue weighted by Gasteiger charge is 2.20. The maximum Gasteiger partial charge on any atom is 0.242 e. The molecule has 1 aliphatic carbocycles. The van der Waals surface area contributed by atoms with Crippen molar-refractivity contribution in [2.24, 2.45) is 11.8 Å². The van der Waals surface area contributed by atoms with Crippen LogP contribution in [0.4, 0.5) is 0 Å². The molecular weight excluding hydrogens is 280 g/mol. The number of hydrogen-bond donors (Lipinski definition) is 3. The standard InChI is InChI=1S/C17H32N2O3/c1-12(2)15(20)9-10-18-17(22)13(3)19-16(21)11-14-7-5-4-6-8-14/h12-15,20H,4-11H2,1-3H3,(H,18,22)(H,19,21). The van der Waals surface area contributed by atoms with E-state index in [0.29, 0.717) is 25.3 Å². The predicted octanol–water partition coefficient (Wildman–Crippen LogP) is 1.98. The SMILES string of the molecule is CC(NC(=O)CC1CCCCC1)C(=O)NCCC(O)C(C)C. The van der Waals surface area contributed by atoms with Gasteiger partial charge in [-0.25, -0.2) is 0 Å². The largest absolute Gasteiger partial charge is 0.393 e. The Morgan fingerprint density at radius 2 is 1.77 bits per heavy atom. The number of aliphatic hydroxyl groups is 1. The molecule has 0 bridgehead atoms. The van der Waals surface area contributed by atoms with Crippen molar-refractivity contribution in [2.75, 3.05) is 6.54 Å². The number of amides is 2. The van der Waals surface area contributed by atoms with Gasteiger partial charge in [-0.3, -0.25) is 9.59 Å². The minimum absolute atomic E-state index is 0.0308. The van der Waals surface area contributed by atoms with Crippen LogP contribution in [0.3, 0.4) is 0 Å². The van der Waals surface area contributed by atoms with Gasteiger partial charge in [0, 0.05) is 13.0 Å². The van der Waals surface area contributed by atoms with E-state index in [9.17, 15) is 14.7 Å². The topological polar surface area (TPSA) is 78.4 Å². The fourth-order valence-corrected chi connectivity index (χ4v) is 2.85. The van der Waals surface area contributed by atoms with Gasteiger partial charge in [-0.2, -0.15) is 0 Å². The normalized spacial score (nSPS) is 18.8. The number of aliphatic hydroxyl groups excluding tert-OH is 1. The van der Waals surface area contributed by atoms with Crippen molar-refractivity contribution in [3.8, 4) is 0 Å². The molecule has 1 aliphatic rings. The molecule has 0 aromatic rings. The lowest BCUT2D eigenvalue weighted by Crippen LogP contribution is -2.45. The van der Waals surface area contributed by atoms with Gasteiger partial charge in [-0.15, -0.1) is 0 Å². The van der Waals surface area contributed by atoms with Crippen LogP contribution in [0.25, 0.3) is 0 Å². The Balaban J connectivity index is 2.20. The first kappa shape index (κ1) is 18.9. The van der Waals surface area contributed by atoms with Crippen LogP contribution in [0, 0.1) is 11.8 Å². The van der Waals surface area contributed by atoms with E-state index >= 15 is 0 Å². The zero-order valence-electron chi connectivity index (χ0n) is 14.2. The van der Waals surface area contributed by atoms with Gasteiger partial charge >= 0.3 is 0 Å². The molecule has 0 aliphatic heterocycles. The van der Waals surface area contributed by atoms with Crippen molar-refractivity contribution in [2.45, 2.75) is 77.9 Å². The molecule has 2 amide bonds. The summed E-state index contributed by atoms with van der Waals surface area (Å²) >= 11 is 0. The Hall–Kier alpha value is -1.10. The molecule has 5 heteroatoms. The first-order chi connectivity index (χ1) is 10.4. The quantitative estimate of drug-likeness (QED) is 0.641. The Bertz CT molecular complexity index is 352. The Kier molecular flexibility index (Phi) is 8.46. The molecule has 0 radical (unpaired) electrons. The summed E-state index contributed by atoms with van der Waals surface area (Å²) in [7, 11) is 0. The van der Waals surface area contributed by atoms with E-state index in [4.69, 9.17) is 0 Å². The highest BCUT2D eigenvalue weighted by atomic mass is 16.3. The molecule has 0 heterocycles. The minimum atomic E-state index is -0.521. The maximum atomic E-state index is 12.0. The van der Waals surface area contributed by atoms with Crippen LogP contribution in [0.2, 0.25) is 0 Å². The molecule has 1 rings (SSSR count). The van der Waals surface area contributed by atoms with Gasteiger partial charge in [-0.1, -0.05) is 33.1 Å². The summed E-state index contributed by atoms with van der Waals surface area (Å²) in [6, 6.07) is -0.521. The van der Waals surface area contributed by atoms with Gasteiger partial charge in [0.25, 0.3) is 0 Å². The predicted molar refractivity (Wildman–Crippen MR) is 87.3 cm³/mol. The summed E-state index contributed by atoms with van der Waals surface area (Å²) in [5.41, 5.74) is 0. The van der Waals surface area contributed by atoms with Crippen LogP contribution in [0.5, 0.6) is 0 Å². The third-order valence-corrected chi connectivity index (χ3v) is 4.48. The van der Waals surface area contributed by atoms with Crippen LogP contribution < -0.4 is 10.6 Å². The van der Waals surface area contributed by atoms with Crippen LogP contribution in [-0.4, -0.2) is 35.6 Å². The lowest BCUT2D eigenvalue weighted by Gasteiger charge is -2.22.